The molecule has 0 radical (unpaired) electrons. The molecule has 0 aliphatic heterocycles. The molecule has 0 aliphatic carbocycles. The standard InChI is InChI=1S/C19H20O4/c1-22-17-10-6-9-15(18(17)19(21)23-2)11-12-16(13-20)14-7-4-3-5-8-14/h3-10,12,20H,11,13H2,1-2H3/b16-12+. The molecule has 1 N–H and O–H groups in total. The normalized spacial score (nSPS) is 11.2. The number of ether oxygens (including phenoxy) is 2. The first-order valence-corrected chi connectivity index (χ1v) is 7.30. The van der Waals surface area contributed by atoms with Crippen LogP contribution in [0.15, 0.2) is 54.6 Å². The quantitative estimate of drug-likeness (QED) is 0.833. The second-order valence-electron chi connectivity index (χ2n) is 4.94. The van der Waals surface area contributed by atoms with Crippen LogP contribution in [0.1, 0.15) is 21.5 Å². The van der Waals surface area contributed by atoms with Crippen molar-refractivity contribution in [2.75, 3.05) is 20.8 Å². The zero-order valence-corrected chi connectivity index (χ0v) is 13.3. The topological polar surface area (TPSA) is 55.8 Å². The smallest absolute Gasteiger partial charge is 0.341 e. The van der Waals surface area contributed by atoms with E-state index >= 15 is 0 Å². The van der Waals surface area contributed by atoms with Gasteiger partial charge in [0.2, 0.25) is 0 Å². The van der Waals surface area contributed by atoms with E-state index in [1.54, 1.807) is 6.07 Å². The van der Waals surface area contributed by atoms with Crippen molar-refractivity contribution >= 4 is 11.5 Å². The van der Waals surface area contributed by atoms with Crippen LogP contribution in [-0.2, 0) is 11.2 Å². The highest BCUT2D eigenvalue weighted by Gasteiger charge is 2.17. The summed E-state index contributed by atoms with van der Waals surface area (Å²) in [6.45, 7) is -0.0679. The molecule has 4 heteroatoms. The first kappa shape index (κ1) is 16.8. The van der Waals surface area contributed by atoms with Crippen molar-refractivity contribution in [2.45, 2.75) is 6.42 Å². The SMILES string of the molecule is COC(=O)c1c(C/C=C(\CO)c2ccccc2)cccc1OC. The Morgan fingerprint density at radius 3 is 2.43 bits per heavy atom. The second-order valence-corrected chi connectivity index (χ2v) is 4.94. The molecule has 23 heavy (non-hydrogen) atoms. The first-order chi connectivity index (χ1) is 11.2. The molecule has 0 saturated carbocycles. The number of allylic oxidation sites excluding steroid dienone is 1. The minimum Gasteiger partial charge on any atom is -0.496 e. The Hall–Kier alpha value is -2.59. The maximum atomic E-state index is 12.0. The lowest BCUT2D eigenvalue weighted by Crippen LogP contribution is -2.08. The molecule has 4 nitrogen and oxygen atoms in total. The molecule has 120 valence electrons. The zero-order chi connectivity index (χ0) is 16.7. The van der Waals surface area contributed by atoms with Crippen LogP contribution in [0.3, 0.4) is 0 Å². The van der Waals surface area contributed by atoms with E-state index in [4.69, 9.17) is 9.47 Å². The molecule has 0 fully saturated rings. The molecule has 0 amide bonds. The molecule has 0 spiro atoms. The van der Waals surface area contributed by atoms with Gasteiger partial charge < -0.3 is 14.6 Å². The first-order valence-electron chi connectivity index (χ1n) is 7.30. The van der Waals surface area contributed by atoms with E-state index in [1.807, 2.05) is 48.5 Å². The molecule has 0 aliphatic rings. The van der Waals surface area contributed by atoms with Crippen molar-refractivity contribution < 1.29 is 19.4 Å². The summed E-state index contributed by atoms with van der Waals surface area (Å²) in [4.78, 5) is 12.0. The lowest BCUT2D eigenvalue weighted by molar-refractivity contribution is 0.0596. The highest BCUT2D eigenvalue weighted by atomic mass is 16.5. The van der Waals surface area contributed by atoms with Crippen LogP contribution in [0, 0.1) is 0 Å². The molecule has 0 bridgehead atoms. The fraction of sp³-hybridized carbons (Fsp3) is 0.211. The maximum Gasteiger partial charge on any atom is 0.341 e. The van der Waals surface area contributed by atoms with E-state index < -0.39 is 5.97 Å². The van der Waals surface area contributed by atoms with Crippen LogP contribution in [0.2, 0.25) is 0 Å². The summed E-state index contributed by atoms with van der Waals surface area (Å²) in [5, 5.41) is 9.60. The molecule has 0 aromatic heterocycles. The third kappa shape index (κ3) is 3.99. The third-order valence-electron chi connectivity index (χ3n) is 3.61. The molecule has 0 atom stereocenters. The predicted molar refractivity (Wildman–Crippen MR) is 89.5 cm³/mol. The molecule has 2 aromatic rings. The number of aliphatic hydroxyl groups excluding tert-OH is 1. The number of carbonyl (C=O) groups excluding carboxylic acids is 1. The Balaban J connectivity index is 2.36. The fourth-order valence-electron chi connectivity index (χ4n) is 2.41. The van der Waals surface area contributed by atoms with Gasteiger partial charge in [0, 0.05) is 0 Å². The summed E-state index contributed by atoms with van der Waals surface area (Å²) < 4.78 is 10.1. The van der Waals surface area contributed by atoms with Crippen LogP contribution < -0.4 is 4.74 Å². The van der Waals surface area contributed by atoms with Gasteiger partial charge in [-0.05, 0) is 29.2 Å². The summed E-state index contributed by atoms with van der Waals surface area (Å²) in [6, 6.07) is 15.1. The van der Waals surface area contributed by atoms with E-state index in [0.717, 1.165) is 16.7 Å². The molecule has 0 heterocycles. The van der Waals surface area contributed by atoms with Gasteiger partial charge in [-0.3, -0.25) is 0 Å². The number of esters is 1. The van der Waals surface area contributed by atoms with Gasteiger partial charge in [-0.1, -0.05) is 48.5 Å². The van der Waals surface area contributed by atoms with E-state index in [0.29, 0.717) is 17.7 Å². The number of hydrogen-bond acceptors (Lipinski definition) is 4. The highest BCUT2D eigenvalue weighted by molar-refractivity contribution is 5.94. The molecule has 2 aromatic carbocycles. The lowest BCUT2D eigenvalue weighted by atomic mass is 9.99. The summed E-state index contributed by atoms with van der Waals surface area (Å²) in [6.07, 6.45) is 2.41. The van der Waals surface area contributed by atoms with Gasteiger partial charge in [0.05, 0.1) is 20.8 Å². The van der Waals surface area contributed by atoms with Crippen LogP contribution in [0.4, 0.5) is 0 Å². The Bertz CT molecular complexity index is 690. The molecular formula is C19H20O4. The number of hydrogen-bond donors (Lipinski definition) is 1. The molecule has 0 unspecified atom stereocenters. The van der Waals surface area contributed by atoms with Crippen molar-refractivity contribution in [2.24, 2.45) is 0 Å². The van der Waals surface area contributed by atoms with Gasteiger partial charge >= 0.3 is 5.97 Å². The predicted octanol–water partition coefficient (Wildman–Crippen LogP) is 3.10. The van der Waals surface area contributed by atoms with Gasteiger partial charge in [-0.25, -0.2) is 4.79 Å². The summed E-state index contributed by atoms with van der Waals surface area (Å²) in [7, 11) is 2.86. The van der Waals surface area contributed by atoms with Crippen LogP contribution >= 0.6 is 0 Å². The average molecular weight is 312 g/mol. The summed E-state index contributed by atoms with van der Waals surface area (Å²) in [5.41, 5.74) is 2.97. The summed E-state index contributed by atoms with van der Waals surface area (Å²) >= 11 is 0. The maximum absolute atomic E-state index is 12.0. The number of methoxy groups -OCH3 is 2. The number of carbonyl (C=O) groups is 1. The highest BCUT2D eigenvalue weighted by Crippen LogP contribution is 2.25. The molecule has 0 saturated heterocycles. The Kier molecular flexibility index (Phi) is 5.94. The van der Waals surface area contributed by atoms with Gasteiger partial charge in [0.25, 0.3) is 0 Å². The zero-order valence-electron chi connectivity index (χ0n) is 13.3. The minimum absolute atomic E-state index is 0.0679. The van der Waals surface area contributed by atoms with Crippen molar-refractivity contribution in [3.05, 3.63) is 71.3 Å². The lowest BCUT2D eigenvalue weighted by Gasteiger charge is -2.11. The van der Waals surface area contributed by atoms with Crippen LogP contribution in [0.5, 0.6) is 5.75 Å². The molecular weight excluding hydrogens is 292 g/mol. The van der Waals surface area contributed by atoms with Crippen molar-refractivity contribution in [1.29, 1.82) is 0 Å². The van der Waals surface area contributed by atoms with E-state index in [-0.39, 0.29) is 6.61 Å². The van der Waals surface area contributed by atoms with Crippen molar-refractivity contribution in [3.63, 3.8) is 0 Å². The summed E-state index contributed by atoms with van der Waals surface area (Å²) in [5.74, 6) is 0.0455. The largest absolute Gasteiger partial charge is 0.496 e. The second kappa shape index (κ2) is 8.15. The van der Waals surface area contributed by atoms with E-state index in [2.05, 4.69) is 0 Å². The van der Waals surface area contributed by atoms with Crippen LogP contribution in [0.25, 0.3) is 5.57 Å². The van der Waals surface area contributed by atoms with Crippen molar-refractivity contribution in [3.8, 4) is 5.75 Å². The van der Waals surface area contributed by atoms with Gasteiger partial charge in [-0.2, -0.15) is 0 Å². The average Bonchev–Trinajstić information content (AvgIpc) is 2.62. The third-order valence-corrected chi connectivity index (χ3v) is 3.61. The molecule has 2 rings (SSSR count). The van der Waals surface area contributed by atoms with E-state index in [1.165, 1.54) is 14.2 Å². The Labute approximate surface area is 136 Å². The number of rotatable bonds is 6. The van der Waals surface area contributed by atoms with Gasteiger partial charge in [0.15, 0.2) is 0 Å². The monoisotopic (exact) mass is 312 g/mol. The van der Waals surface area contributed by atoms with Crippen molar-refractivity contribution in [1.82, 2.24) is 0 Å². The number of benzene rings is 2. The fourth-order valence-corrected chi connectivity index (χ4v) is 2.41. The Morgan fingerprint density at radius 2 is 1.83 bits per heavy atom. The minimum atomic E-state index is -0.434. The number of aliphatic hydroxyl groups is 1. The Morgan fingerprint density at radius 1 is 1.09 bits per heavy atom. The van der Waals surface area contributed by atoms with Gasteiger partial charge in [0.1, 0.15) is 11.3 Å². The van der Waals surface area contributed by atoms with Gasteiger partial charge in [-0.15, -0.1) is 0 Å². The van der Waals surface area contributed by atoms with Crippen LogP contribution in [-0.4, -0.2) is 31.9 Å². The van der Waals surface area contributed by atoms with E-state index in [9.17, 15) is 9.90 Å².